The molecule has 0 saturated heterocycles. The molecule has 1 aromatic carbocycles. The number of ether oxygens (including phenoxy) is 1. The zero-order valence-corrected chi connectivity index (χ0v) is 11.0. The highest BCUT2D eigenvalue weighted by Crippen LogP contribution is 2.19. The fraction of sp³-hybridized carbons (Fsp3) is 0.571. The van der Waals surface area contributed by atoms with Crippen LogP contribution in [0, 0.1) is 0 Å². The molecule has 2 nitrogen and oxygen atoms in total. The fourth-order valence-electron chi connectivity index (χ4n) is 1.75. The third-order valence-electron chi connectivity index (χ3n) is 3.04. The molecular formula is C14H20ClNO. The summed E-state index contributed by atoms with van der Waals surface area (Å²) in [4.78, 5) is 0. The Bertz CT molecular complexity index is 352. The largest absolute Gasteiger partial charge is 0.372 e. The normalized spacial score (nSPS) is 17.1. The van der Waals surface area contributed by atoms with E-state index in [9.17, 15) is 0 Å². The van der Waals surface area contributed by atoms with Gasteiger partial charge in [0.2, 0.25) is 0 Å². The second-order valence-corrected chi connectivity index (χ2v) is 5.09. The van der Waals surface area contributed by atoms with Gasteiger partial charge >= 0.3 is 0 Å². The molecule has 0 radical (unpaired) electrons. The van der Waals surface area contributed by atoms with Crippen molar-refractivity contribution >= 4 is 11.6 Å². The topological polar surface area (TPSA) is 21.3 Å². The maximum absolute atomic E-state index is 5.94. The van der Waals surface area contributed by atoms with Crippen molar-refractivity contribution < 1.29 is 4.74 Å². The predicted octanol–water partition coefficient (Wildman–Crippen LogP) is 3.39. The van der Waals surface area contributed by atoms with E-state index in [4.69, 9.17) is 16.3 Å². The van der Waals surface area contributed by atoms with E-state index in [0.29, 0.717) is 12.7 Å². The summed E-state index contributed by atoms with van der Waals surface area (Å²) in [7, 11) is 0. The summed E-state index contributed by atoms with van der Waals surface area (Å²) in [6.07, 6.45) is 3.99. The molecule has 94 valence electrons. The highest BCUT2D eigenvalue weighted by atomic mass is 35.5. The monoisotopic (exact) mass is 253 g/mol. The van der Waals surface area contributed by atoms with Crippen LogP contribution in [0.25, 0.3) is 0 Å². The summed E-state index contributed by atoms with van der Waals surface area (Å²) in [6, 6.07) is 8.61. The molecule has 0 heterocycles. The standard InChI is InChI=1S/C14H20ClNO/c1-2-14(9-16-13-6-7-13)17-10-11-4-3-5-12(15)8-11/h3-5,8,13-14,16H,2,6-7,9-10H2,1H3. The Morgan fingerprint density at radius 2 is 2.29 bits per heavy atom. The van der Waals surface area contributed by atoms with Gasteiger partial charge in [-0.1, -0.05) is 30.7 Å². The predicted molar refractivity (Wildman–Crippen MR) is 71.3 cm³/mol. The van der Waals surface area contributed by atoms with Gasteiger partial charge in [-0.2, -0.15) is 0 Å². The van der Waals surface area contributed by atoms with Crippen LogP contribution in [-0.2, 0) is 11.3 Å². The van der Waals surface area contributed by atoms with Gasteiger partial charge in [0, 0.05) is 17.6 Å². The van der Waals surface area contributed by atoms with Crippen molar-refractivity contribution in [3.05, 3.63) is 34.9 Å². The van der Waals surface area contributed by atoms with Gasteiger partial charge in [0.1, 0.15) is 0 Å². The molecule has 1 aliphatic carbocycles. The second kappa shape index (κ2) is 6.39. The van der Waals surface area contributed by atoms with Crippen molar-refractivity contribution in [1.29, 1.82) is 0 Å². The molecule has 17 heavy (non-hydrogen) atoms. The van der Waals surface area contributed by atoms with Crippen molar-refractivity contribution in [3.8, 4) is 0 Å². The van der Waals surface area contributed by atoms with Gasteiger partial charge in [0.05, 0.1) is 12.7 Å². The average Bonchev–Trinajstić information content (AvgIpc) is 3.13. The zero-order chi connectivity index (χ0) is 12.1. The summed E-state index contributed by atoms with van der Waals surface area (Å²) in [5, 5.41) is 4.28. The Labute approximate surface area is 108 Å². The molecule has 1 unspecified atom stereocenters. The van der Waals surface area contributed by atoms with Crippen LogP contribution in [-0.4, -0.2) is 18.7 Å². The number of hydrogen-bond acceptors (Lipinski definition) is 2. The van der Waals surface area contributed by atoms with Gasteiger partial charge in [-0.25, -0.2) is 0 Å². The maximum atomic E-state index is 5.94. The number of benzene rings is 1. The van der Waals surface area contributed by atoms with E-state index in [0.717, 1.165) is 29.6 Å². The summed E-state index contributed by atoms with van der Waals surface area (Å²) < 4.78 is 5.89. The first-order valence-corrected chi connectivity index (χ1v) is 6.75. The first-order chi connectivity index (χ1) is 8.28. The Morgan fingerprint density at radius 1 is 1.47 bits per heavy atom. The lowest BCUT2D eigenvalue weighted by Gasteiger charge is -2.16. The molecule has 0 bridgehead atoms. The smallest absolute Gasteiger partial charge is 0.0721 e. The van der Waals surface area contributed by atoms with Crippen LogP contribution in [0.5, 0.6) is 0 Å². The van der Waals surface area contributed by atoms with Crippen LogP contribution >= 0.6 is 11.6 Å². The molecule has 1 N–H and O–H groups in total. The lowest BCUT2D eigenvalue weighted by molar-refractivity contribution is 0.0382. The van der Waals surface area contributed by atoms with Crippen molar-refractivity contribution in [2.45, 2.75) is 44.9 Å². The van der Waals surface area contributed by atoms with E-state index >= 15 is 0 Å². The minimum atomic E-state index is 0.301. The molecule has 1 fully saturated rings. The van der Waals surface area contributed by atoms with E-state index in [2.05, 4.69) is 12.2 Å². The van der Waals surface area contributed by atoms with Gasteiger partial charge in [0.25, 0.3) is 0 Å². The fourth-order valence-corrected chi connectivity index (χ4v) is 1.96. The number of nitrogens with one attached hydrogen (secondary N) is 1. The highest BCUT2D eigenvalue weighted by molar-refractivity contribution is 6.30. The molecule has 1 atom stereocenters. The first-order valence-electron chi connectivity index (χ1n) is 6.37. The van der Waals surface area contributed by atoms with Gasteiger partial charge in [0.15, 0.2) is 0 Å². The van der Waals surface area contributed by atoms with Crippen molar-refractivity contribution in [1.82, 2.24) is 5.32 Å². The molecular weight excluding hydrogens is 234 g/mol. The Morgan fingerprint density at radius 3 is 2.94 bits per heavy atom. The Hall–Kier alpha value is -0.570. The van der Waals surface area contributed by atoms with Gasteiger partial charge in [-0.05, 0) is 37.0 Å². The minimum absolute atomic E-state index is 0.301. The van der Waals surface area contributed by atoms with Crippen molar-refractivity contribution in [2.75, 3.05) is 6.54 Å². The average molecular weight is 254 g/mol. The summed E-state index contributed by atoms with van der Waals surface area (Å²) in [5.74, 6) is 0. The van der Waals surface area contributed by atoms with E-state index in [1.807, 2.05) is 24.3 Å². The second-order valence-electron chi connectivity index (χ2n) is 4.65. The van der Waals surface area contributed by atoms with E-state index in [1.165, 1.54) is 12.8 Å². The van der Waals surface area contributed by atoms with Crippen molar-refractivity contribution in [2.24, 2.45) is 0 Å². The molecule has 1 aromatic rings. The Balaban J connectivity index is 1.74. The van der Waals surface area contributed by atoms with Crippen LogP contribution in [0.2, 0.25) is 5.02 Å². The lowest BCUT2D eigenvalue weighted by Crippen LogP contribution is -2.30. The summed E-state index contributed by atoms with van der Waals surface area (Å²) in [5.41, 5.74) is 1.14. The van der Waals surface area contributed by atoms with E-state index in [1.54, 1.807) is 0 Å². The molecule has 0 spiro atoms. The SMILES string of the molecule is CCC(CNC1CC1)OCc1cccc(Cl)c1. The Kier molecular flexibility index (Phi) is 4.84. The zero-order valence-electron chi connectivity index (χ0n) is 10.3. The number of rotatable bonds is 7. The van der Waals surface area contributed by atoms with Crippen LogP contribution in [0.1, 0.15) is 31.7 Å². The van der Waals surface area contributed by atoms with Crippen LogP contribution in [0.4, 0.5) is 0 Å². The third-order valence-corrected chi connectivity index (χ3v) is 3.28. The van der Waals surface area contributed by atoms with Crippen LogP contribution < -0.4 is 5.32 Å². The van der Waals surface area contributed by atoms with E-state index in [-0.39, 0.29) is 0 Å². The minimum Gasteiger partial charge on any atom is -0.372 e. The number of hydrogen-bond donors (Lipinski definition) is 1. The van der Waals surface area contributed by atoms with Crippen LogP contribution in [0.3, 0.4) is 0 Å². The maximum Gasteiger partial charge on any atom is 0.0721 e. The summed E-state index contributed by atoms with van der Waals surface area (Å²) in [6.45, 7) is 3.77. The van der Waals surface area contributed by atoms with Gasteiger partial charge in [-0.15, -0.1) is 0 Å². The molecule has 0 amide bonds. The van der Waals surface area contributed by atoms with Gasteiger partial charge < -0.3 is 10.1 Å². The molecule has 0 aliphatic heterocycles. The van der Waals surface area contributed by atoms with Crippen molar-refractivity contribution in [3.63, 3.8) is 0 Å². The quantitative estimate of drug-likeness (QED) is 0.804. The number of halogens is 1. The highest BCUT2D eigenvalue weighted by Gasteiger charge is 2.21. The first kappa shape index (κ1) is 12.9. The molecule has 0 aromatic heterocycles. The van der Waals surface area contributed by atoms with Gasteiger partial charge in [-0.3, -0.25) is 0 Å². The molecule has 2 rings (SSSR count). The van der Waals surface area contributed by atoms with Crippen LogP contribution in [0.15, 0.2) is 24.3 Å². The third kappa shape index (κ3) is 4.66. The molecule has 3 heteroatoms. The lowest BCUT2D eigenvalue weighted by atomic mass is 10.2. The molecule has 1 saturated carbocycles. The summed E-state index contributed by atoms with van der Waals surface area (Å²) >= 11 is 5.94. The molecule has 1 aliphatic rings. The van der Waals surface area contributed by atoms with E-state index < -0.39 is 0 Å².